The summed E-state index contributed by atoms with van der Waals surface area (Å²) in [6.07, 6.45) is -1.17. The molecule has 0 saturated carbocycles. The average molecular weight is 483 g/mol. The first-order valence-corrected chi connectivity index (χ1v) is 11.7. The molecule has 3 atom stereocenters. The molecule has 1 fully saturated rings. The maximum atomic E-state index is 12.7. The highest BCUT2D eigenvalue weighted by atomic mass is 16.5. The average Bonchev–Trinajstić information content (AvgIpc) is 3.18. The molecule has 1 heterocycles. The molecule has 2 aromatic rings. The van der Waals surface area contributed by atoms with Gasteiger partial charge in [-0.2, -0.15) is 0 Å². The van der Waals surface area contributed by atoms with Crippen LogP contribution in [0.3, 0.4) is 0 Å². The van der Waals surface area contributed by atoms with Crippen molar-refractivity contribution in [2.75, 3.05) is 33.5 Å². The fraction of sp³-hybridized carbons (Fsp3) is 0.423. The normalized spacial score (nSPS) is 19.8. The zero-order valence-corrected chi connectivity index (χ0v) is 19.6. The predicted molar refractivity (Wildman–Crippen MR) is 127 cm³/mol. The van der Waals surface area contributed by atoms with E-state index in [1.807, 2.05) is 36.4 Å². The van der Waals surface area contributed by atoms with Gasteiger partial charge in [-0.05, 0) is 28.7 Å². The molecule has 0 radical (unpaired) electrons. The molecule has 0 spiro atoms. The molecular formula is C26H30N2O7. The monoisotopic (exact) mass is 482 g/mol. The van der Waals surface area contributed by atoms with E-state index in [-0.39, 0.29) is 44.1 Å². The van der Waals surface area contributed by atoms with E-state index in [0.29, 0.717) is 13.0 Å². The Labute approximate surface area is 203 Å². The standard InChI is InChI=1S/C26H30N2O7/c1-33-23(25(31)28-22-10-11-34-14-16(22)12-24(29)30)13-27-26(32)35-15-21-19-8-4-2-6-17(19)18-7-3-5-9-20(18)21/h2-9,16,21-23H,10-15H2,1H3,(H,27,32)(H,28,31)(H,29,30). The Balaban J connectivity index is 1.29. The van der Waals surface area contributed by atoms with E-state index in [2.05, 4.69) is 22.8 Å². The largest absolute Gasteiger partial charge is 0.481 e. The second-order valence-electron chi connectivity index (χ2n) is 8.77. The Bertz CT molecular complexity index is 1030. The van der Waals surface area contributed by atoms with Gasteiger partial charge in [0.15, 0.2) is 6.10 Å². The summed E-state index contributed by atoms with van der Waals surface area (Å²) in [7, 11) is 1.38. The first-order chi connectivity index (χ1) is 17.0. The van der Waals surface area contributed by atoms with Crippen molar-refractivity contribution in [3.8, 4) is 11.1 Å². The van der Waals surface area contributed by atoms with Crippen LogP contribution in [0.25, 0.3) is 11.1 Å². The van der Waals surface area contributed by atoms with Crippen molar-refractivity contribution in [2.24, 2.45) is 5.92 Å². The smallest absolute Gasteiger partial charge is 0.407 e. The highest BCUT2D eigenvalue weighted by Gasteiger charge is 2.32. The quantitative estimate of drug-likeness (QED) is 0.502. The molecule has 2 amide bonds. The molecular weight excluding hydrogens is 452 g/mol. The number of amides is 2. The summed E-state index contributed by atoms with van der Waals surface area (Å²) in [5, 5.41) is 14.6. The lowest BCUT2D eigenvalue weighted by Crippen LogP contribution is -2.52. The van der Waals surface area contributed by atoms with Crippen molar-refractivity contribution in [3.63, 3.8) is 0 Å². The van der Waals surface area contributed by atoms with Gasteiger partial charge in [0.25, 0.3) is 5.91 Å². The zero-order valence-electron chi connectivity index (χ0n) is 19.6. The number of hydrogen-bond acceptors (Lipinski definition) is 6. The van der Waals surface area contributed by atoms with E-state index < -0.39 is 24.1 Å². The second kappa shape index (κ2) is 11.3. The Morgan fingerprint density at radius 2 is 1.74 bits per heavy atom. The van der Waals surface area contributed by atoms with Gasteiger partial charge in [0.2, 0.25) is 0 Å². The van der Waals surface area contributed by atoms with Crippen molar-refractivity contribution >= 4 is 18.0 Å². The molecule has 0 bridgehead atoms. The number of carboxylic acid groups (broad SMARTS) is 1. The molecule has 1 aliphatic carbocycles. The van der Waals surface area contributed by atoms with Gasteiger partial charge in [-0.1, -0.05) is 48.5 Å². The number of rotatable bonds is 9. The summed E-state index contributed by atoms with van der Waals surface area (Å²) in [5.74, 6) is -1.75. The minimum Gasteiger partial charge on any atom is -0.481 e. The van der Waals surface area contributed by atoms with Crippen LogP contribution in [-0.4, -0.2) is 68.7 Å². The van der Waals surface area contributed by atoms with E-state index in [4.69, 9.17) is 19.3 Å². The van der Waals surface area contributed by atoms with Gasteiger partial charge in [-0.3, -0.25) is 9.59 Å². The van der Waals surface area contributed by atoms with Gasteiger partial charge in [0.1, 0.15) is 6.61 Å². The number of nitrogens with one attached hydrogen (secondary N) is 2. The molecule has 3 unspecified atom stereocenters. The summed E-state index contributed by atoms with van der Waals surface area (Å²) in [6.45, 7) is 0.804. The lowest BCUT2D eigenvalue weighted by Gasteiger charge is -2.32. The predicted octanol–water partition coefficient (Wildman–Crippen LogP) is 2.54. The van der Waals surface area contributed by atoms with Gasteiger partial charge in [-0.15, -0.1) is 0 Å². The molecule has 4 rings (SSSR count). The molecule has 1 saturated heterocycles. The number of ether oxygens (including phenoxy) is 3. The molecule has 9 heteroatoms. The third-order valence-corrected chi connectivity index (χ3v) is 6.59. The lowest BCUT2D eigenvalue weighted by atomic mass is 9.92. The van der Waals surface area contributed by atoms with Crippen LogP contribution in [0.1, 0.15) is 29.9 Å². The summed E-state index contributed by atoms with van der Waals surface area (Å²) in [5.41, 5.74) is 4.51. The number of alkyl carbamates (subject to hydrolysis) is 1. The minimum atomic E-state index is -0.944. The van der Waals surface area contributed by atoms with Crippen LogP contribution in [0.4, 0.5) is 4.79 Å². The SMILES string of the molecule is COC(CNC(=O)OCC1c2ccccc2-c2ccccc21)C(=O)NC1CCOCC1CC(=O)O. The van der Waals surface area contributed by atoms with Gasteiger partial charge in [0.05, 0.1) is 19.6 Å². The summed E-state index contributed by atoms with van der Waals surface area (Å²) < 4.78 is 16.1. The van der Waals surface area contributed by atoms with Crippen molar-refractivity contribution < 1.29 is 33.7 Å². The van der Waals surface area contributed by atoms with Crippen molar-refractivity contribution in [2.45, 2.75) is 30.9 Å². The van der Waals surface area contributed by atoms with Crippen molar-refractivity contribution in [1.82, 2.24) is 10.6 Å². The van der Waals surface area contributed by atoms with E-state index >= 15 is 0 Å². The van der Waals surface area contributed by atoms with E-state index in [0.717, 1.165) is 22.3 Å². The summed E-state index contributed by atoms with van der Waals surface area (Å²) >= 11 is 0. The van der Waals surface area contributed by atoms with Crippen LogP contribution in [0, 0.1) is 5.92 Å². The first kappa shape index (κ1) is 24.7. The summed E-state index contributed by atoms with van der Waals surface area (Å²) in [6, 6.07) is 15.8. The molecule has 35 heavy (non-hydrogen) atoms. The van der Waals surface area contributed by atoms with Gasteiger partial charge < -0.3 is 30.0 Å². The summed E-state index contributed by atoms with van der Waals surface area (Å²) in [4.78, 5) is 36.2. The van der Waals surface area contributed by atoms with E-state index in [1.54, 1.807) is 0 Å². The van der Waals surface area contributed by atoms with Crippen LogP contribution in [0.5, 0.6) is 0 Å². The third kappa shape index (κ3) is 5.80. The Hall–Kier alpha value is -3.43. The van der Waals surface area contributed by atoms with Crippen LogP contribution in [-0.2, 0) is 23.8 Å². The van der Waals surface area contributed by atoms with E-state index in [1.165, 1.54) is 7.11 Å². The van der Waals surface area contributed by atoms with Gasteiger partial charge >= 0.3 is 12.1 Å². The van der Waals surface area contributed by atoms with Crippen molar-refractivity contribution in [1.29, 1.82) is 0 Å². The second-order valence-corrected chi connectivity index (χ2v) is 8.77. The van der Waals surface area contributed by atoms with Crippen LogP contribution < -0.4 is 10.6 Å². The van der Waals surface area contributed by atoms with Gasteiger partial charge in [-0.25, -0.2) is 4.79 Å². The Kier molecular flexibility index (Phi) is 7.99. The molecule has 3 N–H and O–H groups in total. The molecule has 0 aromatic heterocycles. The Morgan fingerprint density at radius 1 is 1.09 bits per heavy atom. The Morgan fingerprint density at radius 3 is 2.37 bits per heavy atom. The molecule has 186 valence electrons. The van der Waals surface area contributed by atoms with Crippen LogP contribution in [0.2, 0.25) is 0 Å². The third-order valence-electron chi connectivity index (χ3n) is 6.59. The maximum Gasteiger partial charge on any atom is 0.407 e. The number of carbonyl (C=O) groups is 3. The van der Waals surface area contributed by atoms with Crippen LogP contribution >= 0.6 is 0 Å². The highest BCUT2D eigenvalue weighted by Crippen LogP contribution is 2.44. The fourth-order valence-electron chi connectivity index (χ4n) is 4.80. The number of carboxylic acids is 1. The first-order valence-electron chi connectivity index (χ1n) is 11.7. The number of aliphatic carboxylic acids is 1. The molecule has 1 aliphatic heterocycles. The van der Waals surface area contributed by atoms with Crippen LogP contribution in [0.15, 0.2) is 48.5 Å². The number of methoxy groups -OCH3 is 1. The van der Waals surface area contributed by atoms with Crippen molar-refractivity contribution in [3.05, 3.63) is 59.7 Å². The fourth-order valence-corrected chi connectivity index (χ4v) is 4.80. The molecule has 2 aliphatic rings. The highest BCUT2D eigenvalue weighted by molar-refractivity contribution is 5.82. The molecule has 9 nitrogen and oxygen atoms in total. The lowest BCUT2D eigenvalue weighted by molar-refractivity contribution is -0.141. The molecule has 2 aromatic carbocycles. The van der Waals surface area contributed by atoms with Gasteiger partial charge in [0, 0.05) is 31.6 Å². The number of hydrogen-bond donors (Lipinski definition) is 3. The zero-order chi connectivity index (χ0) is 24.8. The topological polar surface area (TPSA) is 123 Å². The number of benzene rings is 2. The minimum absolute atomic E-state index is 0.0608. The number of carbonyl (C=O) groups excluding carboxylic acids is 2. The maximum absolute atomic E-state index is 12.7. The number of fused-ring (bicyclic) bond motifs is 3. The van der Waals surface area contributed by atoms with E-state index in [9.17, 15) is 14.4 Å².